The van der Waals surface area contributed by atoms with Crippen molar-refractivity contribution in [3.8, 4) is 0 Å². The minimum absolute atomic E-state index is 0.310. The monoisotopic (exact) mass is 174 g/mol. The van der Waals surface area contributed by atoms with E-state index in [9.17, 15) is 0 Å². The standard InChI is InChI=1S/C9H15ClO/c1-2-6-11-8-9(7-10)4-3-5-9/h2H,1,3-8H2. The normalized spacial score (nSPS) is 20.8. The van der Waals surface area contributed by atoms with Gasteiger partial charge in [0, 0.05) is 11.3 Å². The minimum atomic E-state index is 0.310. The van der Waals surface area contributed by atoms with Gasteiger partial charge in [-0.3, -0.25) is 0 Å². The van der Waals surface area contributed by atoms with E-state index in [4.69, 9.17) is 16.3 Å². The average Bonchev–Trinajstić information content (AvgIpc) is 1.95. The van der Waals surface area contributed by atoms with Crippen LogP contribution >= 0.6 is 11.6 Å². The number of hydrogen-bond donors (Lipinski definition) is 0. The minimum Gasteiger partial charge on any atom is -0.377 e. The Balaban J connectivity index is 2.16. The maximum Gasteiger partial charge on any atom is 0.0645 e. The van der Waals surface area contributed by atoms with Gasteiger partial charge in [0.15, 0.2) is 0 Å². The maximum atomic E-state index is 5.83. The van der Waals surface area contributed by atoms with E-state index < -0.39 is 0 Å². The summed E-state index contributed by atoms with van der Waals surface area (Å²) < 4.78 is 5.38. The van der Waals surface area contributed by atoms with Gasteiger partial charge in [-0.15, -0.1) is 18.2 Å². The first-order valence-corrected chi connectivity index (χ1v) is 4.61. The molecular weight excluding hydrogens is 160 g/mol. The van der Waals surface area contributed by atoms with Crippen LogP contribution in [0.5, 0.6) is 0 Å². The van der Waals surface area contributed by atoms with Crippen LogP contribution in [0.2, 0.25) is 0 Å². The van der Waals surface area contributed by atoms with Crippen molar-refractivity contribution in [1.82, 2.24) is 0 Å². The fraction of sp³-hybridized carbons (Fsp3) is 0.778. The largest absolute Gasteiger partial charge is 0.377 e. The van der Waals surface area contributed by atoms with Crippen molar-refractivity contribution in [3.63, 3.8) is 0 Å². The third-order valence-electron chi connectivity index (χ3n) is 2.34. The first-order chi connectivity index (χ1) is 5.33. The van der Waals surface area contributed by atoms with Crippen molar-refractivity contribution in [2.45, 2.75) is 19.3 Å². The van der Waals surface area contributed by atoms with Crippen molar-refractivity contribution in [1.29, 1.82) is 0 Å². The summed E-state index contributed by atoms with van der Waals surface area (Å²) >= 11 is 5.83. The van der Waals surface area contributed by atoms with E-state index in [-0.39, 0.29) is 0 Å². The molecule has 0 spiro atoms. The summed E-state index contributed by atoms with van der Waals surface area (Å²) in [5, 5.41) is 0. The van der Waals surface area contributed by atoms with Gasteiger partial charge in [-0.1, -0.05) is 12.5 Å². The molecule has 0 aromatic heterocycles. The molecule has 0 aromatic rings. The second-order valence-electron chi connectivity index (χ2n) is 3.29. The second kappa shape index (κ2) is 4.13. The summed E-state index contributed by atoms with van der Waals surface area (Å²) in [5.74, 6) is 0.740. The summed E-state index contributed by atoms with van der Waals surface area (Å²) in [6.45, 7) is 5.05. The van der Waals surface area contributed by atoms with E-state index in [1.165, 1.54) is 19.3 Å². The Bertz CT molecular complexity index is 124. The van der Waals surface area contributed by atoms with Gasteiger partial charge in [-0.2, -0.15) is 0 Å². The van der Waals surface area contributed by atoms with Crippen LogP contribution in [0.4, 0.5) is 0 Å². The molecule has 0 radical (unpaired) electrons. The summed E-state index contributed by atoms with van der Waals surface area (Å²) in [6.07, 6.45) is 5.55. The number of rotatable bonds is 5. The van der Waals surface area contributed by atoms with Gasteiger partial charge < -0.3 is 4.74 Å². The molecule has 0 aliphatic heterocycles. The number of hydrogen-bond acceptors (Lipinski definition) is 1. The summed E-state index contributed by atoms with van der Waals surface area (Å²) in [6, 6.07) is 0. The molecule has 1 rings (SSSR count). The molecule has 1 nitrogen and oxygen atoms in total. The van der Waals surface area contributed by atoms with Crippen molar-refractivity contribution >= 4 is 11.6 Å². The fourth-order valence-corrected chi connectivity index (χ4v) is 1.70. The van der Waals surface area contributed by atoms with Gasteiger partial charge in [0.05, 0.1) is 13.2 Å². The van der Waals surface area contributed by atoms with Crippen molar-refractivity contribution < 1.29 is 4.74 Å². The third kappa shape index (κ3) is 2.21. The molecule has 0 aromatic carbocycles. The highest BCUT2D eigenvalue weighted by molar-refractivity contribution is 6.18. The summed E-state index contributed by atoms with van der Waals surface area (Å²) in [4.78, 5) is 0. The van der Waals surface area contributed by atoms with E-state index in [1.54, 1.807) is 6.08 Å². The van der Waals surface area contributed by atoms with Gasteiger partial charge in [-0.25, -0.2) is 0 Å². The lowest BCUT2D eigenvalue weighted by Crippen LogP contribution is -2.36. The lowest BCUT2D eigenvalue weighted by atomic mass is 9.71. The predicted molar refractivity (Wildman–Crippen MR) is 48.0 cm³/mol. The molecule has 0 unspecified atom stereocenters. The number of alkyl halides is 1. The zero-order chi connectivity index (χ0) is 8.16. The van der Waals surface area contributed by atoms with Crippen molar-refractivity contribution in [2.24, 2.45) is 5.41 Å². The summed E-state index contributed by atoms with van der Waals surface area (Å²) in [7, 11) is 0. The summed E-state index contributed by atoms with van der Waals surface area (Å²) in [5.41, 5.74) is 0.310. The molecule has 11 heavy (non-hydrogen) atoms. The third-order valence-corrected chi connectivity index (χ3v) is 2.91. The highest BCUT2D eigenvalue weighted by atomic mass is 35.5. The molecule has 0 atom stereocenters. The van der Waals surface area contributed by atoms with E-state index in [0.29, 0.717) is 12.0 Å². The lowest BCUT2D eigenvalue weighted by Gasteiger charge is -2.39. The van der Waals surface area contributed by atoms with Gasteiger partial charge in [0.1, 0.15) is 0 Å². The van der Waals surface area contributed by atoms with Gasteiger partial charge in [-0.05, 0) is 12.8 Å². The van der Waals surface area contributed by atoms with Crippen LogP contribution in [0.15, 0.2) is 12.7 Å². The lowest BCUT2D eigenvalue weighted by molar-refractivity contribution is 0.0211. The van der Waals surface area contributed by atoms with Crippen molar-refractivity contribution in [3.05, 3.63) is 12.7 Å². The first-order valence-electron chi connectivity index (χ1n) is 4.08. The van der Waals surface area contributed by atoms with Gasteiger partial charge in [0.2, 0.25) is 0 Å². The SMILES string of the molecule is C=CCOCC1(CCl)CCC1. The predicted octanol–water partition coefficient (Wildman–Crippen LogP) is 2.60. The van der Waals surface area contributed by atoms with Crippen LogP contribution < -0.4 is 0 Å². The molecule has 64 valence electrons. The molecule has 0 N–H and O–H groups in total. The Morgan fingerprint density at radius 2 is 2.27 bits per heavy atom. The van der Waals surface area contributed by atoms with E-state index >= 15 is 0 Å². The van der Waals surface area contributed by atoms with Crippen LogP contribution in [-0.2, 0) is 4.74 Å². The number of ether oxygens (including phenoxy) is 1. The van der Waals surface area contributed by atoms with Crippen LogP contribution in [0.3, 0.4) is 0 Å². The molecule has 0 heterocycles. The highest BCUT2D eigenvalue weighted by Gasteiger charge is 2.36. The topological polar surface area (TPSA) is 9.23 Å². The van der Waals surface area contributed by atoms with Gasteiger partial charge >= 0.3 is 0 Å². The Hall–Kier alpha value is -0.0100. The molecule has 2 heteroatoms. The molecule has 1 aliphatic carbocycles. The smallest absolute Gasteiger partial charge is 0.0645 e. The first kappa shape index (κ1) is 9.08. The van der Waals surface area contributed by atoms with Crippen LogP contribution in [-0.4, -0.2) is 19.1 Å². The molecule has 1 saturated carbocycles. The molecule has 0 saturated heterocycles. The Labute approximate surface area is 73.4 Å². The maximum absolute atomic E-state index is 5.83. The quantitative estimate of drug-likeness (QED) is 0.354. The van der Waals surface area contributed by atoms with E-state index in [2.05, 4.69) is 6.58 Å². The van der Waals surface area contributed by atoms with E-state index in [0.717, 1.165) is 12.5 Å². The van der Waals surface area contributed by atoms with Crippen LogP contribution in [0.1, 0.15) is 19.3 Å². The van der Waals surface area contributed by atoms with Gasteiger partial charge in [0.25, 0.3) is 0 Å². The second-order valence-corrected chi connectivity index (χ2v) is 3.56. The zero-order valence-corrected chi connectivity index (χ0v) is 7.57. The average molecular weight is 175 g/mol. The molecular formula is C9H15ClO. The van der Waals surface area contributed by atoms with Crippen molar-refractivity contribution in [2.75, 3.05) is 19.1 Å². The highest BCUT2D eigenvalue weighted by Crippen LogP contribution is 2.41. The molecule has 0 amide bonds. The van der Waals surface area contributed by atoms with E-state index in [1.807, 2.05) is 0 Å². The molecule has 1 aliphatic rings. The fourth-order valence-electron chi connectivity index (χ4n) is 1.35. The molecule has 1 fully saturated rings. The Kier molecular flexibility index (Phi) is 3.41. The Morgan fingerprint density at radius 3 is 2.64 bits per heavy atom. The van der Waals surface area contributed by atoms with Crippen LogP contribution in [0.25, 0.3) is 0 Å². The zero-order valence-electron chi connectivity index (χ0n) is 6.81. The number of halogens is 1. The Morgan fingerprint density at radius 1 is 1.55 bits per heavy atom. The molecule has 0 bridgehead atoms. The van der Waals surface area contributed by atoms with Crippen LogP contribution in [0, 0.1) is 5.41 Å².